The zero-order valence-corrected chi connectivity index (χ0v) is 7.28. The normalized spacial score (nSPS) is 9.31. The lowest BCUT2D eigenvalue weighted by Gasteiger charge is -2.06. The van der Waals surface area contributed by atoms with Gasteiger partial charge in [0.15, 0.2) is 11.5 Å². The highest BCUT2D eigenvalue weighted by Gasteiger charge is 2.08. The molecule has 0 unspecified atom stereocenters. The van der Waals surface area contributed by atoms with Crippen molar-refractivity contribution < 1.29 is 14.6 Å². The minimum absolute atomic E-state index is 0.0624. The minimum atomic E-state index is -0.468. The summed E-state index contributed by atoms with van der Waals surface area (Å²) in [5.74, 6) is -0.373. The first kappa shape index (κ1) is 9.32. The van der Waals surface area contributed by atoms with Gasteiger partial charge in [-0.15, -0.1) is 0 Å². The molecule has 0 aliphatic carbocycles. The number of rotatable bonds is 2. The first-order chi connectivity index (χ1) is 6.15. The van der Waals surface area contributed by atoms with E-state index in [4.69, 9.17) is 4.74 Å². The smallest absolute Gasteiger partial charge is 0.308 e. The standard InChI is InChI=1S/C10H10O3/c1-3-8-5-4-6-9(12)10(8)13-7(2)11/h3-6,12H,1H2,2H3. The second-order valence-corrected chi connectivity index (χ2v) is 2.49. The van der Waals surface area contributed by atoms with E-state index < -0.39 is 5.97 Å². The molecule has 0 atom stereocenters. The Kier molecular flexibility index (Phi) is 2.69. The predicted molar refractivity (Wildman–Crippen MR) is 49.5 cm³/mol. The van der Waals surface area contributed by atoms with Crippen LogP contribution in [-0.2, 0) is 4.79 Å². The van der Waals surface area contributed by atoms with Crippen LogP contribution in [0.4, 0.5) is 0 Å². The summed E-state index contributed by atoms with van der Waals surface area (Å²) in [6, 6.07) is 4.80. The third-order valence-electron chi connectivity index (χ3n) is 1.49. The number of para-hydroxylation sites is 1. The van der Waals surface area contributed by atoms with Gasteiger partial charge in [-0.25, -0.2) is 0 Å². The van der Waals surface area contributed by atoms with Crippen LogP contribution in [0.2, 0.25) is 0 Å². The molecule has 0 spiro atoms. The fourth-order valence-corrected chi connectivity index (χ4v) is 0.958. The van der Waals surface area contributed by atoms with Gasteiger partial charge in [0, 0.05) is 12.5 Å². The van der Waals surface area contributed by atoms with Crippen molar-refractivity contribution in [2.75, 3.05) is 0 Å². The second kappa shape index (κ2) is 3.76. The van der Waals surface area contributed by atoms with Crippen molar-refractivity contribution in [1.82, 2.24) is 0 Å². The number of phenolic OH excluding ortho intramolecular Hbond substituents is 1. The van der Waals surface area contributed by atoms with Gasteiger partial charge in [0.2, 0.25) is 0 Å². The molecule has 3 nitrogen and oxygen atoms in total. The molecule has 0 aliphatic rings. The molecule has 0 saturated carbocycles. The van der Waals surface area contributed by atoms with E-state index in [1.54, 1.807) is 12.1 Å². The molecule has 1 aromatic carbocycles. The predicted octanol–water partition coefficient (Wildman–Crippen LogP) is 1.96. The van der Waals surface area contributed by atoms with E-state index >= 15 is 0 Å². The highest BCUT2D eigenvalue weighted by molar-refractivity contribution is 5.73. The van der Waals surface area contributed by atoms with Crippen LogP contribution in [0.1, 0.15) is 12.5 Å². The molecule has 0 aromatic heterocycles. The van der Waals surface area contributed by atoms with Crippen molar-refractivity contribution in [3.63, 3.8) is 0 Å². The van der Waals surface area contributed by atoms with Gasteiger partial charge in [0.1, 0.15) is 0 Å². The van der Waals surface area contributed by atoms with Crippen LogP contribution in [0.15, 0.2) is 24.8 Å². The molecule has 0 aliphatic heterocycles. The SMILES string of the molecule is C=Cc1cccc(O)c1OC(C)=O. The molecule has 0 amide bonds. The quantitative estimate of drug-likeness (QED) is 0.556. The summed E-state index contributed by atoms with van der Waals surface area (Å²) in [7, 11) is 0. The van der Waals surface area contributed by atoms with Crippen molar-refractivity contribution in [2.24, 2.45) is 0 Å². The molecule has 1 rings (SSSR count). The fraction of sp³-hybridized carbons (Fsp3) is 0.100. The zero-order valence-electron chi connectivity index (χ0n) is 7.28. The van der Waals surface area contributed by atoms with Gasteiger partial charge in [0.25, 0.3) is 0 Å². The van der Waals surface area contributed by atoms with E-state index in [-0.39, 0.29) is 11.5 Å². The molecular formula is C10H10O3. The molecular weight excluding hydrogens is 168 g/mol. The number of carbonyl (C=O) groups excluding carboxylic acids is 1. The summed E-state index contributed by atoms with van der Waals surface area (Å²) in [5, 5.41) is 9.35. The maximum atomic E-state index is 10.7. The topological polar surface area (TPSA) is 46.5 Å². The van der Waals surface area contributed by atoms with E-state index in [0.29, 0.717) is 5.56 Å². The summed E-state index contributed by atoms with van der Waals surface area (Å²) in [4.78, 5) is 10.7. The van der Waals surface area contributed by atoms with Crippen LogP contribution < -0.4 is 4.74 Å². The molecule has 1 N–H and O–H groups in total. The van der Waals surface area contributed by atoms with Crippen molar-refractivity contribution >= 4 is 12.0 Å². The van der Waals surface area contributed by atoms with Crippen LogP contribution >= 0.6 is 0 Å². The summed E-state index contributed by atoms with van der Waals surface area (Å²) in [5.41, 5.74) is 0.593. The highest BCUT2D eigenvalue weighted by Crippen LogP contribution is 2.30. The molecule has 0 heterocycles. The number of ether oxygens (including phenoxy) is 1. The van der Waals surface area contributed by atoms with Crippen molar-refractivity contribution in [1.29, 1.82) is 0 Å². The van der Waals surface area contributed by atoms with Gasteiger partial charge < -0.3 is 9.84 Å². The maximum absolute atomic E-state index is 10.7. The number of benzene rings is 1. The van der Waals surface area contributed by atoms with Gasteiger partial charge in [-0.3, -0.25) is 4.79 Å². The van der Waals surface area contributed by atoms with E-state index in [1.165, 1.54) is 19.1 Å². The Morgan fingerprint density at radius 2 is 2.31 bits per heavy atom. The average Bonchev–Trinajstić information content (AvgIpc) is 2.08. The first-order valence-electron chi connectivity index (χ1n) is 3.78. The lowest BCUT2D eigenvalue weighted by Crippen LogP contribution is -2.02. The van der Waals surface area contributed by atoms with Crippen LogP contribution in [0.25, 0.3) is 6.08 Å². The van der Waals surface area contributed by atoms with Gasteiger partial charge >= 0.3 is 5.97 Å². The molecule has 1 aromatic rings. The zero-order chi connectivity index (χ0) is 9.84. The number of phenols is 1. The monoisotopic (exact) mass is 178 g/mol. The Hall–Kier alpha value is -1.77. The number of carbonyl (C=O) groups is 1. The number of hydrogen-bond donors (Lipinski definition) is 1. The molecule has 0 fully saturated rings. The fourth-order valence-electron chi connectivity index (χ4n) is 0.958. The summed E-state index contributed by atoms with van der Waals surface area (Å²) >= 11 is 0. The number of esters is 1. The van der Waals surface area contributed by atoms with E-state index in [2.05, 4.69) is 6.58 Å². The van der Waals surface area contributed by atoms with Crippen molar-refractivity contribution in [3.8, 4) is 11.5 Å². The van der Waals surface area contributed by atoms with Gasteiger partial charge in [-0.1, -0.05) is 24.8 Å². The highest BCUT2D eigenvalue weighted by atomic mass is 16.5. The Morgan fingerprint density at radius 3 is 2.85 bits per heavy atom. The molecule has 0 radical (unpaired) electrons. The molecule has 0 saturated heterocycles. The largest absolute Gasteiger partial charge is 0.504 e. The third-order valence-corrected chi connectivity index (χ3v) is 1.49. The van der Waals surface area contributed by atoms with E-state index in [1.807, 2.05) is 0 Å². The number of aromatic hydroxyl groups is 1. The van der Waals surface area contributed by atoms with E-state index in [0.717, 1.165) is 0 Å². The van der Waals surface area contributed by atoms with Crippen molar-refractivity contribution in [2.45, 2.75) is 6.92 Å². The lowest BCUT2D eigenvalue weighted by molar-refractivity contribution is -0.132. The van der Waals surface area contributed by atoms with Crippen LogP contribution in [0.5, 0.6) is 11.5 Å². The molecule has 68 valence electrons. The van der Waals surface area contributed by atoms with Gasteiger partial charge in [-0.05, 0) is 6.07 Å². The first-order valence-corrected chi connectivity index (χ1v) is 3.78. The third kappa shape index (κ3) is 2.08. The summed E-state index contributed by atoms with van der Waals surface area (Å²) < 4.78 is 4.81. The van der Waals surface area contributed by atoms with Crippen LogP contribution in [-0.4, -0.2) is 11.1 Å². The Bertz CT molecular complexity index is 342. The lowest BCUT2D eigenvalue weighted by atomic mass is 10.2. The van der Waals surface area contributed by atoms with Crippen LogP contribution in [0, 0.1) is 0 Å². The van der Waals surface area contributed by atoms with E-state index in [9.17, 15) is 9.90 Å². The average molecular weight is 178 g/mol. The Morgan fingerprint density at radius 1 is 1.62 bits per heavy atom. The Balaban J connectivity index is 3.14. The number of hydrogen-bond acceptors (Lipinski definition) is 3. The molecule has 0 bridgehead atoms. The van der Waals surface area contributed by atoms with Gasteiger partial charge in [0.05, 0.1) is 0 Å². The minimum Gasteiger partial charge on any atom is -0.504 e. The van der Waals surface area contributed by atoms with Crippen LogP contribution in [0.3, 0.4) is 0 Å². The Labute approximate surface area is 76.3 Å². The second-order valence-electron chi connectivity index (χ2n) is 2.49. The van der Waals surface area contributed by atoms with Gasteiger partial charge in [-0.2, -0.15) is 0 Å². The molecule has 13 heavy (non-hydrogen) atoms. The molecule has 3 heteroatoms. The van der Waals surface area contributed by atoms with Crippen molar-refractivity contribution in [3.05, 3.63) is 30.3 Å². The summed E-state index contributed by atoms with van der Waals surface area (Å²) in [6.45, 7) is 4.81. The summed E-state index contributed by atoms with van der Waals surface area (Å²) in [6.07, 6.45) is 1.51. The maximum Gasteiger partial charge on any atom is 0.308 e.